The number of pyridine rings is 1. The Morgan fingerprint density at radius 3 is 2.65 bits per heavy atom. The molecule has 0 aliphatic carbocycles. The second kappa shape index (κ2) is 5.23. The van der Waals surface area contributed by atoms with Crippen LogP contribution in [0.25, 0.3) is 0 Å². The lowest BCUT2D eigenvalue weighted by Gasteiger charge is -2.34. The number of nitrogen functional groups attached to an aromatic ring is 1. The van der Waals surface area contributed by atoms with Crippen molar-refractivity contribution in [1.29, 1.82) is 0 Å². The number of likely N-dealkylation sites (tertiary alicyclic amines) is 1. The first-order valence-corrected chi connectivity index (χ1v) is 6.55. The van der Waals surface area contributed by atoms with Crippen molar-refractivity contribution in [3.8, 4) is 0 Å². The maximum absolute atomic E-state index is 6.14. The molecule has 0 radical (unpaired) electrons. The summed E-state index contributed by atoms with van der Waals surface area (Å²) in [5, 5.41) is 0.713. The van der Waals surface area contributed by atoms with Gasteiger partial charge in [-0.05, 0) is 30.4 Å². The smallest absolute Gasteiger partial charge is 0.123 e. The standard InChI is InChI=1S/C13H20ClN3/c1-9-5-10(2)7-17(6-9)8-12-11(14)3-4-13(15)16-12/h3-4,9-10H,5-8H2,1-2H3,(H2,15,16). The van der Waals surface area contributed by atoms with Crippen molar-refractivity contribution in [2.24, 2.45) is 11.8 Å². The molecule has 0 spiro atoms. The van der Waals surface area contributed by atoms with Gasteiger partial charge < -0.3 is 5.73 Å². The highest BCUT2D eigenvalue weighted by atomic mass is 35.5. The fourth-order valence-electron chi connectivity index (χ4n) is 2.75. The van der Waals surface area contributed by atoms with E-state index in [2.05, 4.69) is 23.7 Å². The van der Waals surface area contributed by atoms with E-state index in [1.807, 2.05) is 6.07 Å². The van der Waals surface area contributed by atoms with Crippen LogP contribution >= 0.6 is 11.6 Å². The molecule has 0 saturated carbocycles. The third-order valence-corrected chi connectivity index (χ3v) is 3.60. The Morgan fingerprint density at radius 2 is 2.00 bits per heavy atom. The van der Waals surface area contributed by atoms with Crippen molar-refractivity contribution in [3.05, 3.63) is 22.8 Å². The first-order chi connectivity index (χ1) is 8.04. The molecule has 1 fully saturated rings. The maximum Gasteiger partial charge on any atom is 0.123 e. The molecule has 2 rings (SSSR count). The van der Waals surface area contributed by atoms with Gasteiger partial charge in [0.2, 0.25) is 0 Å². The molecule has 2 atom stereocenters. The molecule has 2 heterocycles. The van der Waals surface area contributed by atoms with E-state index in [1.54, 1.807) is 6.07 Å². The number of anilines is 1. The Balaban J connectivity index is 2.07. The lowest BCUT2D eigenvalue weighted by molar-refractivity contribution is 0.133. The quantitative estimate of drug-likeness (QED) is 0.881. The number of nitrogens with zero attached hydrogens (tertiary/aromatic N) is 2. The molecule has 1 aromatic rings. The third kappa shape index (κ3) is 3.33. The number of halogens is 1. The first-order valence-electron chi connectivity index (χ1n) is 6.18. The topological polar surface area (TPSA) is 42.2 Å². The molecule has 1 aromatic heterocycles. The normalized spacial score (nSPS) is 26.1. The first kappa shape index (κ1) is 12.7. The minimum atomic E-state index is 0.544. The summed E-state index contributed by atoms with van der Waals surface area (Å²) in [5.41, 5.74) is 6.60. The molecule has 94 valence electrons. The number of piperidine rings is 1. The monoisotopic (exact) mass is 253 g/mol. The highest BCUT2D eigenvalue weighted by molar-refractivity contribution is 6.31. The summed E-state index contributed by atoms with van der Waals surface area (Å²) in [6, 6.07) is 3.57. The van der Waals surface area contributed by atoms with Crippen LogP contribution in [0, 0.1) is 11.8 Å². The van der Waals surface area contributed by atoms with E-state index in [0.717, 1.165) is 37.2 Å². The summed E-state index contributed by atoms with van der Waals surface area (Å²) >= 11 is 6.14. The zero-order valence-corrected chi connectivity index (χ0v) is 11.2. The molecule has 1 aliphatic heterocycles. The summed E-state index contributed by atoms with van der Waals surface area (Å²) in [7, 11) is 0. The average molecular weight is 254 g/mol. The summed E-state index contributed by atoms with van der Waals surface area (Å²) in [6.07, 6.45) is 1.31. The van der Waals surface area contributed by atoms with Crippen LogP contribution in [-0.4, -0.2) is 23.0 Å². The second-order valence-corrected chi connectivity index (χ2v) is 5.71. The zero-order valence-electron chi connectivity index (χ0n) is 10.5. The summed E-state index contributed by atoms with van der Waals surface area (Å²) in [5.74, 6) is 2.04. The van der Waals surface area contributed by atoms with E-state index in [0.29, 0.717) is 10.8 Å². The molecule has 0 amide bonds. The molecule has 3 nitrogen and oxygen atoms in total. The van der Waals surface area contributed by atoms with Crippen molar-refractivity contribution in [2.75, 3.05) is 18.8 Å². The molecule has 2 unspecified atom stereocenters. The van der Waals surface area contributed by atoms with Crippen molar-refractivity contribution in [1.82, 2.24) is 9.88 Å². The number of hydrogen-bond acceptors (Lipinski definition) is 3. The van der Waals surface area contributed by atoms with Crippen LogP contribution in [0.15, 0.2) is 12.1 Å². The predicted molar refractivity (Wildman–Crippen MR) is 71.9 cm³/mol. The molecule has 4 heteroatoms. The molecule has 17 heavy (non-hydrogen) atoms. The molecular weight excluding hydrogens is 234 g/mol. The Kier molecular flexibility index (Phi) is 3.89. The third-order valence-electron chi connectivity index (χ3n) is 3.26. The summed E-state index contributed by atoms with van der Waals surface area (Å²) in [6.45, 7) is 7.65. The van der Waals surface area contributed by atoms with Crippen molar-refractivity contribution in [2.45, 2.75) is 26.8 Å². The summed E-state index contributed by atoms with van der Waals surface area (Å²) < 4.78 is 0. The van der Waals surface area contributed by atoms with Crippen molar-refractivity contribution >= 4 is 17.4 Å². The number of nitrogens with two attached hydrogens (primary N) is 1. The van der Waals surface area contributed by atoms with Crippen LogP contribution < -0.4 is 5.73 Å². The highest BCUT2D eigenvalue weighted by Crippen LogP contribution is 2.24. The van der Waals surface area contributed by atoms with Gasteiger partial charge in [-0.2, -0.15) is 0 Å². The molecule has 1 saturated heterocycles. The van der Waals surface area contributed by atoms with Gasteiger partial charge in [0, 0.05) is 19.6 Å². The zero-order chi connectivity index (χ0) is 12.4. The summed E-state index contributed by atoms with van der Waals surface area (Å²) in [4.78, 5) is 6.74. The van der Waals surface area contributed by atoms with Crippen LogP contribution in [0.4, 0.5) is 5.82 Å². The SMILES string of the molecule is CC1CC(C)CN(Cc2nc(N)ccc2Cl)C1. The van der Waals surface area contributed by atoms with Crippen LogP contribution in [0.5, 0.6) is 0 Å². The minimum absolute atomic E-state index is 0.544. The minimum Gasteiger partial charge on any atom is -0.384 e. The second-order valence-electron chi connectivity index (χ2n) is 5.30. The largest absolute Gasteiger partial charge is 0.384 e. The molecule has 2 N–H and O–H groups in total. The van der Waals surface area contributed by atoms with Crippen LogP contribution in [0.2, 0.25) is 5.02 Å². The number of hydrogen-bond donors (Lipinski definition) is 1. The van der Waals surface area contributed by atoms with E-state index in [1.165, 1.54) is 6.42 Å². The van der Waals surface area contributed by atoms with Crippen molar-refractivity contribution in [3.63, 3.8) is 0 Å². The van der Waals surface area contributed by atoms with Crippen LogP contribution in [0.1, 0.15) is 26.0 Å². The van der Waals surface area contributed by atoms with E-state index in [-0.39, 0.29) is 0 Å². The molecular formula is C13H20ClN3. The van der Waals surface area contributed by atoms with Gasteiger partial charge >= 0.3 is 0 Å². The molecule has 0 aromatic carbocycles. The Bertz CT molecular complexity index is 384. The Morgan fingerprint density at radius 1 is 1.35 bits per heavy atom. The van der Waals surface area contributed by atoms with Crippen LogP contribution in [0.3, 0.4) is 0 Å². The van der Waals surface area contributed by atoms with E-state index in [9.17, 15) is 0 Å². The van der Waals surface area contributed by atoms with Crippen LogP contribution in [-0.2, 0) is 6.54 Å². The molecule has 0 bridgehead atoms. The molecule has 1 aliphatic rings. The van der Waals surface area contributed by atoms with Gasteiger partial charge in [0.05, 0.1) is 10.7 Å². The lowest BCUT2D eigenvalue weighted by atomic mass is 9.92. The fourth-order valence-corrected chi connectivity index (χ4v) is 2.91. The maximum atomic E-state index is 6.14. The lowest BCUT2D eigenvalue weighted by Crippen LogP contribution is -2.38. The number of aromatic nitrogens is 1. The van der Waals surface area contributed by atoms with Gasteiger partial charge in [0.15, 0.2) is 0 Å². The number of rotatable bonds is 2. The van der Waals surface area contributed by atoms with Gasteiger partial charge in [-0.25, -0.2) is 4.98 Å². The van der Waals surface area contributed by atoms with E-state index < -0.39 is 0 Å². The fraction of sp³-hybridized carbons (Fsp3) is 0.615. The van der Waals surface area contributed by atoms with Crippen molar-refractivity contribution < 1.29 is 0 Å². The Hall–Kier alpha value is -0.800. The van der Waals surface area contributed by atoms with Gasteiger partial charge in [-0.1, -0.05) is 25.4 Å². The highest BCUT2D eigenvalue weighted by Gasteiger charge is 2.22. The predicted octanol–water partition coefficient (Wildman–Crippen LogP) is 2.80. The van der Waals surface area contributed by atoms with Gasteiger partial charge in [0.1, 0.15) is 5.82 Å². The van der Waals surface area contributed by atoms with Gasteiger partial charge in [-0.15, -0.1) is 0 Å². The average Bonchev–Trinajstić information content (AvgIpc) is 2.22. The van der Waals surface area contributed by atoms with Gasteiger partial charge in [0.25, 0.3) is 0 Å². The van der Waals surface area contributed by atoms with Gasteiger partial charge in [-0.3, -0.25) is 4.90 Å². The van der Waals surface area contributed by atoms with E-state index >= 15 is 0 Å². The Labute approximate surface area is 108 Å². The van der Waals surface area contributed by atoms with E-state index in [4.69, 9.17) is 17.3 Å².